The number of nitrogens with two attached hydrogens (primary N) is 2. The maximum Gasteiger partial charge on any atom is 0.407 e. The second-order valence-electron chi connectivity index (χ2n) is 33.1. The van der Waals surface area contributed by atoms with Crippen molar-refractivity contribution < 1.29 is 171 Å². The molecule has 0 saturated carbocycles. The van der Waals surface area contributed by atoms with E-state index in [1.807, 2.05) is 0 Å². The SMILES string of the molecule is CC[C@@]1(O)C(=O)OCc2c1cc1n(c2=O)Cc2c-1nc1cc(F)c(C)c3c1c2[C@@H](NC(=O)OCc1ccc(NC(=O)[C@H](CCCNC(N)=O)NC(=O)[C@@H](NC(=O)[C@@H](N)CCCCNC(=O)C(O)COCC(O)COCC(O)COCC(O)COCC(O)COCC(O)COCC(O)COCC(O)COCC(O)COCC(O)COCC(O)COCC(O)CNOC)C(C)C)cc1)CC3. The van der Waals surface area contributed by atoms with Gasteiger partial charge in [-0.25, -0.2) is 29.2 Å². The van der Waals surface area contributed by atoms with E-state index in [4.69, 9.17) is 78.0 Å². The number of fused-ring (bicyclic) bond motifs is 5. The molecule has 0 radical (unpaired) electrons. The largest absolute Gasteiger partial charge is 0.458 e. The minimum atomic E-state index is -2.08. The molecule has 7 amide bonds. The number of pyridine rings is 2. The first kappa shape index (κ1) is 112. The number of hydrogen-bond donors (Lipinski definition) is 22. The van der Waals surface area contributed by atoms with Crippen molar-refractivity contribution in [2.75, 3.05) is 177 Å². The summed E-state index contributed by atoms with van der Waals surface area (Å²) in [6.07, 6.45) is -12.8. The number of anilines is 1. The number of aryl methyl sites for hydroxylation is 1. The van der Waals surface area contributed by atoms with Gasteiger partial charge in [-0.2, -0.15) is 0 Å². The van der Waals surface area contributed by atoms with Crippen LogP contribution in [0, 0.1) is 18.7 Å². The summed E-state index contributed by atoms with van der Waals surface area (Å²) in [7, 11) is 1.40. The number of carbonyl (C=O) groups excluding carboxylic acids is 7. The molecule has 7 rings (SSSR count). The molecule has 0 bridgehead atoms. The summed E-state index contributed by atoms with van der Waals surface area (Å²) in [5.41, 5.74) is 15.8. The highest BCUT2D eigenvalue weighted by Crippen LogP contribution is 2.46. The van der Waals surface area contributed by atoms with Gasteiger partial charge in [0.05, 0.1) is 200 Å². The number of esters is 1. The zero-order valence-electron chi connectivity index (χ0n) is 75.5. The van der Waals surface area contributed by atoms with Crippen LogP contribution in [0.2, 0.25) is 0 Å². The zero-order valence-corrected chi connectivity index (χ0v) is 75.5. The van der Waals surface area contributed by atoms with Gasteiger partial charge in [-0.3, -0.25) is 24.0 Å². The molecule has 0 saturated heterocycles. The monoisotopic (exact) mass is 1900 g/mol. The van der Waals surface area contributed by atoms with Crippen molar-refractivity contribution in [1.82, 2.24) is 41.6 Å². The third-order valence-electron chi connectivity index (χ3n) is 21.2. The van der Waals surface area contributed by atoms with E-state index >= 15 is 4.39 Å². The quantitative estimate of drug-likeness (QED) is 0.00982. The second kappa shape index (κ2) is 58.2. The van der Waals surface area contributed by atoms with Gasteiger partial charge >= 0.3 is 18.1 Å². The number of benzene rings is 2. The molecular formula is C86H134FN11O35. The molecule has 750 valence electrons. The van der Waals surface area contributed by atoms with E-state index in [0.717, 1.165) is 0 Å². The summed E-state index contributed by atoms with van der Waals surface area (Å²) in [4.78, 5) is 116. The maximum absolute atomic E-state index is 15.5. The van der Waals surface area contributed by atoms with Gasteiger partial charge < -0.3 is 181 Å². The third kappa shape index (κ3) is 37.5. The van der Waals surface area contributed by atoms with Crippen LogP contribution in [0.1, 0.15) is 111 Å². The van der Waals surface area contributed by atoms with Crippen LogP contribution in [0.25, 0.3) is 22.3 Å². The fourth-order valence-electron chi connectivity index (χ4n) is 14.3. The first-order valence-electron chi connectivity index (χ1n) is 44.1. The van der Waals surface area contributed by atoms with Crippen LogP contribution < -0.4 is 54.4 Å². The van der Waals surface area contributed by atoms with E-state index < -0.39 is 169 Å². The number of aromatic nitrogens is 2. The molecule has 46 nitrogen and oxygen atoms in total. The molecule has 133 heavy (non-hydrogen) atoms. The molecule has 12 unspecified atom stereocenters. The summed E-state index contributed by atoms with van der Waals surface area (Å²) >= 11 is 0. The van der Waals surface area contributed by atoms with Gasteiger partial charge in [-0.1, -0.05) is 32.9 Å². The molecule has 2 aliphatic heterocycles. The topological polar surface area (TPSA) is 683 Å². The number of nitrogens with zero attached hydrogens (tertiary/aromatic N) is 2. The van der Waals surface area contributed by atoms with Crippen LogP contribution in [0.15, 0.2) is 41.2 Å². The lowest BCUT2D eigenvalue weighted by molar-refractivity contribution is -0.172. The number of nitrogens with one attached hydrogen (secondary N) is 7. The molecule has 17 atom stereocenters. The average Bonchev–Trinajstić information content (AvgIpc) is 1.57. The summed E-state index contributed by atoms with van der Waals surface area (Å²) in [6.45, 7) is 1.21. The fraction of sp³-hybridized carbons (Fsp3) is 0.686. The van der Waals surface area contributed by atoms with E-state index in [1.54, 1.807) is 58.0 Å². The van der Waals surface area contributed by atoms with E-state index in [0.29, 0.717) is 81.5 Å². The van der Waals surface area contributed by atoms with Gasteiger partial charge in [0.15, 0.2) is 11.7 Å². The predicted octanol–water partition coefficient (Wildman–Crippen LogP) is -5.27. The molecule has 2 aromatic heterocycles. The Kier molecular flexibility index (Phi) is 48.8. The summed E-state index contributed by atoms with van der Waals surface area (Å²) in [6, 6.07) is 4.20. The molecule has 47 heteroatoms. The van der Waals surface area contributed by atoms with Crippen molar-refractivity contribution >= 4 is 58.3 Å². The van der Waals surface area contributed by atoms with Gasteiger partial charge in [0, 0.05) is 47.9 Å². The van der Waals surface area contributed by atoms with Crippen molar-refractivity contribution in [3.8, 4) is 11.4 Å². The van der Waals surface area contributed by atoms with Crippen LogP contribution in [-0.4, -0.2) is 381 Å². The number of aliphatic hydroxyl groups excluding tert-OH is 12. The highest BCUT2D eigenvalue weighted by molar-refractivity contribution is 5.99. The van der Waals surface area contributed by atoms with Crippen LogP contribution >= 0.6 is 0 Å². The molecule has 3 aliphatic rings. The number of urea groups is 1. The Labute approximate surface area is 767 Å². The molecule has 0 fully saturated rings. The van der Waals surface area contributed by atoms with Gasteiger partial charge in [0.25, 0.3) is 11.5 Å². The Morgan fingerprint density at radius 2 is 1.05 bits per heavy atom. The Hall–Kier alpha value is -8.46. The Bertz CT molecular complexity index is 4320. The molecule has 1 aliphatic carbocycles. The van der Waals surface area contributed by atoms with Gasteiger partial charge in [0.1, 0.15) is 92.2 Å². The lowest BCUT2D eigenvalue weighted by atomic mass is 9.81. The fourth-order valence-corrected chi connectivity index (χ4v) is 14.3. The van der Waals surface area contributed by atoms with E-state index in [9.17, 15) is 105 Å². The number of unbranched alkanes of at least 4 members (excludes halogenated alkanes) is 1. The number of amides is 7. The van der Waals surface area contributed by atoms with Crippen LogP contribution in [-0.2, 0) is 122 Å². The summed E-state index contributed by atoms with van der Waals surface area (Å²) in [5, 5.41) is 150. The summed E-state index contributed by atoms with van der Waals surface area (Å²) in [5.74, 6) is -4.70. The van der Waals surface area contributed by atoms with Crippen LogP contribution in [0.5, 0.6) is 0 Å². The van der Waals surface area contributed by atoms with Crippen molar-refractivity contribution in [3.05, 3.63) is 91.5 Å². The van der Waals surface area contributed by atoms with E-state index in [1.165, 1.54) is 17.7 Å². The van der Waals surface area contributed by atoms with Crippen molar-refractivity contribution in [1.29, 1.82) is 0 Å². The van der Waals surface area contributed by atoms with Crippen LogP contribution in [0.4, 0.5) is 19.7 Å². The average molecular weight is 1900 g/mol. The maximum atomic E-state index is 15.5. The second-order valence-corrected chi connectivity index (χ2v) is 33.1. The predicted molar refractivity (Wildman–Crippen MR) is 465 cm³/mol. The Morgan fingerprint density at radius 1 is 0.579 bits per heavy atom. The normalized spacial score (nSPS) is 18.0. The van der Waals surface area contributed by atoms with E-state index in [-0.39, 0.29) is 215 Å². The highest BCUT2D eigenvalue weighted by Gasteiger charge is 2.46. The number of halogens is 1. The van der Waals surface area contributed by atoms with Gasteiger partial charge in [-0.05, 0) is 105 Å². The molecule has 4 aromatic rings. The smallest absolute Gasteiger partial charge is 0.407 e. The first-order chi connectivity index (χ1) is 63.5. The van der Waals surface area contributed by atoms with Gasteiger partial charge in [-0.15, -0.1) is 0 Å². The lowest BCUT2D eigenvalue weighted by Gasteiger charge is -2.31. The van der Waals surface area contributed by atoms with E-state index in [2.05, 4.69) is 42.2 Å². The molecule has 4 heterocycles. The number of hydrogen-bond acceptors (Lipinski definition) is 38. The number of rotatable bonds is 68. The number of primary amides is 1. The highest BCUT2D eigenvalue weighted by atomic mass is 19.1. The molecule has 24 N–H and O–H groups in total. The molecular weight excluding hydrogens is 1770 g/mol. The van der Waals surface area contributed by atoms with Crippen LogP contribution in [0.3, 0.4) is 0 Å². The first-order valence-corrected chi connectivity index (χ1v) is 44.1. The van der Waals surface area contributed by atoms with Gasteiger partial charge in [0.2, 0.25) is 17.7 Å². The number of alkyl carbamates (subject to hydrolysis) is 1. The number of cyclic esters (lactones) is 1. The standard InChI is InChI=1S/C86H134FN11O35/c1-6-86(119)66-20-72-77-64(23-98(72)82(115)65(66)46-132-83(86)116)75-69(17-16-63-49(4)67(87)21-71(94-77)74(63)75)96-85(118)133-24-50-12-14-51(15-13-50)93-79(112)70(11-9-19-91-84(89)117)95-81(114)76(48(2)3)97-78(111)68(88)10-7-8-18-90-80(113)73(110)47-131-45-62(109)44-130-43-61(108)42-129-41-60(107)40-128-39-59(106)38-127-37-58(105)36-126-35-57(104)34-125-33-56(103)32-124-31-55(102)30-123-29-54(101)28-122-27-53(100)26-121-25-52(99)22-92-120-5/h12-15,20-21,48,52-62,68-70,73,76,92,99-110,119H,6-11,16-19,22-47,88H2,1-5H3,(H,90,113)(H,93,112)(H,95,114)(H,96,118)(H,97,111)(H3,89,91,117)/t52?,53?,54?,55?,56?,57?,58?,59?,60?,61?,62?,68-,69-,70-,73?,76-,86-/m0/s1. The summed E-state index contributed by atoms with van der Waals surface area (Å²) < 4.78 is 86.0. The molecule has 0 spiro atoms. The number of carbonyl (C=O) groups is 7. The minimum Gasteiger partial charge on any atom is -0.458 e. The number of hydroxylamine groups is 1. The molecule has 2 aromatic carbocycles. The van der Waals surface area contributed by atoms with Crippen molar-refractivity contribution in [3.63, 3.8) is 0 Å². The lowest BCUT2D eigenvalue weighted by Crippen LogP contribution is -2.56. The Morgan fingerprint density at radius 3 is 1.50 bits per heavy atom. The third-order valence-corrected chi connectivity index (χ3v) is 21.2. The number of ether oxygens (including phenoxy) is 13. The minimum absolute atomic E-state index is 0.0113. The number of aliphatic hydroxyl groups is 13. The van der Waals surface area contributed by atoms with Crippen molar-refractivity contribution in [2.24, 2.45) is 17.4 Å². The van der Waals surface area contributed by atoms with Crippen molar-refractivity contribution in [2.45, 2.75) is 202 Å². The zero-order chi connectivity index (χ0) is 97.3. The Balaban J connectivity index is 0.684.